The molecule has 17 nitrogen and oxygen atoms in total. The summed E-state index contributed by atoms with van der Waals surface area (Å²) in [5, 5.41) is 73.4. The molecule has 2 heterocycles. The molecule has 15 atom stereocenters. The van der Waals surface area contributed by atoms with Crippen molar-refractivity contribution in [2.75, 3.05) is 19.7 Å². The molecule has 17 heteroatoms. The van der Waals surface area contributed by atoms with Crippen LogP contribution in [0.3, 0.4) is 0 Å². The number of nitrogens with two attached hydrogens (primary N) is 1. The Hall–Kier alpha value is -1.90. The number of ether oxygens (including phenoxy) is 5. The van der Waals surface area contributed by atoms with E-state index in [9.17, 15) is 40.2 Å². The fourth-order valence-electron chi connectivity index (χ4n) is 6.86. The second kappa shape index (κ2) is 17.7. The average molecular weight is 723 g/mol. The van der Waals surface area contributed by atoms with Gasteiger partial charge in [0.05, 0.1) is 43.2 Å². The molecule has 15 unspecified atom stereocenters. The Morgan fingerprint density at radius 2 is 1.50 bits per heavy atom. The van der Waals surface area contributed by atoms with Crippen LogP contribution in [0.1, 0.15) is 74.7 Å². The summed E-state index contributed by atoms with van der Waals surface area (Å²) in [7, 11) is 0. The summed E-state index contributed by atoms with van der Waals surface area (Å²) in [4.78, 5) is 25.3. The number of rotatable bonds is 11. The van der Waals surface area contributed by atoms with Gasteiger partial charge in [-0.1, -0.05) is 13.8 Å². The Balaban J connectivity index is 1.94. The molecule has 1 aliphatic carbocycles. The Kier molecular flexibility index (Phi) is 15.1. The van der Waals surface area contributed by atoms with Crippen molar-refractivity contribution in [2.24, 2.45) is 17.6 Å². The third kappa shape index (κ3) is 11.6. The molecule has 11 N–H and O–H groups in total. The smallest absolute Gasteiger partial charge is 0.407 e. The molecule has 0 aromatic carbocycles. The van der Waals surface area contributed by atoms with E-state index in [4.69, 9.17) is 29.4 Å². The molecule has 2 saturated heterocycles. The van der Waals surface area contributed by atoms with Crippen LogP contribution in [0.2, 0.25) is 0 Å². The quantitative estimate of drug-likeness (QED) is 0.120. The summed E-state index contributed by atoms with van der Waals surface area (Å²) in [5.41, 5.74) is 4.48. The van der Waals surface area contributed by atoms with Crippen molar-refractivity contribution >= 4 is 12.2 Å². The van der Waals surface area contributed by atoms with Gasteiger partial charge in [-0.25, -0.2) is 9.59 Å². The first kappa shape index (κ1) is 42.5. The van der Waals surface area contributed by atoms with Gasteiger partial charge in [-0.05, 0) is 66.7 Å². The molecular weight excluding hydrogens is 660 g/mol. The van der Waals surface area contributed by atoms with Gasteiger partial charge in [-0.15, -0.1) is 0 Å². The van der Waals surface area contributed by atoms with Crippen LogP contribution in [0.25, 0.3) is 0 Å². The number of alkyl carbamates (subject to hydrolysis) is 2. The Morgan fingerprint density at radius 3 is 2.08 bits per heavy atom. The highest BCUT2D eigenvalue weighted by Gasteiger charge is 2.54. The van der Waals surface area contributed by atoms with Crippen molar-refractivity contribution in [3.8, 4) is 0 Å². The second-order valence-electron chi connectivity index (χ2n) is 15.8. The molecule has 0 radical (unpaired) electrons. The molecule has 0 spiro atoms. The molecule has 2 amide bonds. The molecule has 3 rings (SSSR count). The number of aliphatic hydroxyl groups excluding tert-OH is 6. The zero-order valence-electron chi connectivity index (χ0n) is 30.5. The predicted octanol–water partition coefficient (Wildman–Crippen LogP) is -1.18. The van der Waals surface area contributed by atoms with Crippen LogP contribution >= 0.6 is 0 Å². The van der Waals surface area contributed by atoms with Crippen molar-refractivity contribution in [1.82, 2.24) is 16.0 Å². The number of aliphatic hydroxyl groups is 6. The Labute approximate surface area is 294 Å². The number of hydrogen-bond acceptors (Lipinski definition) is 15. The van der Waals surface area contributed by atoms with Crippen LogP contribution < -0.4 is 21.7 Å². The summed E-state index contributed by atoms with van der Waals surface area (Å²) < 4.78 is 29.1. The van der Waals surface area contributed by atoms with Gasteiger partial charge in [-0.3, -0.25) is 0 Å². The molecule has 3 aliphatic rings. The first-order valence-electron chi connectivity index (χ1n) is 17.6. The minimum absolute atomic E-state index is 0.102. The summed E-state index contributed by atoms with van der Waals surface area (Å²) in [5.74, 6) is -1.09. The number of hydrogen-bond donors (Lipinski definition) is 10. The van der Waals surface area contributed by atoms with Crippen LogP contribution in [0.5, 0.6) is 0 Å². The Morgan fingerprint density at radius 1 is 0.880 bits per heavy atom. The van der Waals surface area contributed by atoms with Crippen molar-refractivity contribution in [3.05, 3.63) is 0 Å². The molecule has 50 heavy (non-hydrogen) atoms. The lowest BCUT2D eigenvalue weighted by atomic mass is 9.70. The van der Waals surface area contributed by atoms with E-state index in [1.807, 2.05) is 13.8 Å². The van der Waals surface area contributed by atoms with Gasteiger partial charge >= 0.3 is 12.2 Å². The van der Waals surface area contributed by atoms with Gasteiger partial charge in [0, 0.05) is 31.1 Å². The van der Waals surface area contributed by atoms with Crippen molar-refractivity contribution in [2.45, 2.75) is 165 Å². The molecule has 3 fully saturated rings. The van der Waals surface area contributed by atoms with Gasteiger partial charge in [0.25, 0.3) is 0 Å². The number of carbonyl (C=O) groups excluding carboxylic acids is 2. The maximum Gasteiger partial charge on any atom is 0.407 e. The minimum Gasteiger partial charge on any atom is -0.444 e. The molecule has 0 aromatic rings. The maximum absolute atomic E-state index is 13.2. The normalized spacial score (nSPS) is 38.9. The molecule has 2 aliphatic heterocycles. The molecule has 1 saturated carbocycles. The van der Waals surface area contributed by atoms with E-state index < -0.39 is 115 Å². The van der Waals surface area contributed by atoms with Gasteiger partial charge < -0.3 is 76.0 Å². The molecule has 0 aromatic heterocycles. The van der Waals surface area contributed by atoms with E-state index in [1.165, 1.54) is 0 Å². The lowest BCUT2D eigenvalue weighted by Crippen LogP contribution is -2.69. The first-order valence-corrected chi connectivity index (χ1v) is 17.6. The monoisotopic (exact) mass is 722 g/mol. The summed E-state index contributed by atoms with van der Waals surface area (Å²) in [6, 6.07) is -2.85. The number of nitrogens with one attached hydrogen (secondary N) is 3. The Bertz CT molecular complexity index is 1090. The lowest BCUT2D eigenvalue weighted by molar-refractivity contribution is -0.308. The minimum atomic E-state index is -1.55. The van der Waals surface area contributed by atoms with Crippen LogP contribution in [0, 0.1) is 11.8 Å². The van der Waals surface area contributed by atoms with Gasteiger partial charge in [0.15, 0.2) is 6.29 Å². The highest BCUT2D eigenvalue weighted by molar-refractivity contribution is 5.68. The maximum atomic E-state index is 13.2. The third-order valence-electron chi connectivity index (χ3n) is 9.24. The largest absolute Gasteiger partial charge is 0.444 e. The van der Waals surface area contributed by atoms with Crippen LogP contribution in [0.4, 0.5) is 9.59 Å². The third-order valence-corrected chi connectivity index (χ3v) is 9.24. The fourth-order valence-corrected chi connectivity index (χ4v) is 6.86. The molecule has 0 bridgehead atoms. The van der Waals surface area contributed by atoms with Crippen LogP contribution in [-0.4, -0.2) is 153 Å². The number of carbonyl (C=O) groups is 2. The van der Waals surface area contributed by atoms with Gasteiger partial charge in [0.1, 0.15) is 35.6 Å². The standard InChI is InChI=1S/C33H62N4O13/c1-9-20-19(40)10-15(2)27(46-20)22-17(37-31(45)50-33(6,7)8)11-18(35-12-16(39)13-36-30(44)49-32(3,4)5)28(25(22)42)48-29-26(43)23(34)24(41)21(14-38)47-29/h15-29,35,38-43H,9-14,34H2,1-8H3,(H,36,44)(H,37,45). The van der Waals surface area contributed by atoms with E-state index in [-0.39, 0.29) is 25.4 Å². The molecule has 292 valence electrons. The van der Waals surface area contributed by atoms with E-state index >= 15 is 0 Å². The number of amides is 2. The topological polar surface area (TPSA) is 264 Å². The average Bonchev–Trinajstić information content (AvgIpc) is 2.99. The van der Waals surface area contributed by atoms with Crippen LogP contribution in [-0.2, 0) is 23.7 Å². The van der Waals surface area contributed by atoms with Crippen molar-refractivity contribution in [1.29, 1.82) is 0 Å². The zero-order valence-corrected chi connectivity index (χ0v) is 30.5. The summed E-state index contributed by atoms with van der Waals surface area (Å²) in [6.07, 6.45) is -11.7. The van der Waals surface area contributed by atoms with Gasteiger partial charge in [0.2, 0.25) is 0 Å². The van der Waals surface area contributed by atoms with Crippen molar-refractivity contribution < 1.29 is 63.9 Å². The highest BCUT2D eigenvalue weighted by atomic mass is 16.7. The van der Waals surface area contributed by atoms with E-state index in [0.717, 1.165) is 0 Å². The predicted molar refractivity (Wildman–Crippen MR) is 179 cm³/mol. The van der Waals surface area contributed by atoms with E-state index in [1.54, 1.807) is 41.5 Å². The molecular formula is C33H62N4O13. The SMILES string of the molecule is CCC1OC(C2C(NC(=O)OC(C)(C)C)CC(NCC(O)CNC(=O)OC(C)(C)C)C(OC3OC(CO)C(O)C(N)C3O)C2O)C(C)CC1O. The second-order valence-corrected chi connectivity index (χ2v) is 15.8. The highest BCUT2D eigenvalue weighted by Crippen LogP contribution is 2.40. The van der Waals surface area contributed by atoms with E-state index in [0.29, 0.717) is 12.8 Å². The van der Waals surface area contributed by atoms with E-state index in [2.05, 4.69) is 16.0 Å². The lowest BCUT2D eigenvalue weighted by Gasteiger charge is -2.52. The first-order chi connectivity index (χ1) is 23.1. The van der Waals surface area contributed by atoms with Gasteiger partial charge in [-0.2, -0.15) is 0 Å². The zero-order chi connectivity index (χ0) is 37.7. The fraction of sp³-hybridized carbons (Fsp3) is 0.939. The summed E-state index contributed by atoms with van der Waals surface area (Å²) in [6.45, 7) is 13.1. The van der Waals surface area contributed by atoms with Crippen molar-refractivity contribution in [3.63, 3.8) is 0 Å². The van der Waals surface area contributed by atoms with Crippen LogP contribution in [0.15, 0.2) is 0 Å². The summed E-state index contributed by atoms with van der Waals surface area (Å²) >= 11 is 0.